The van der Waals surface area contributed by atoms with E-state index in [0.717, 1.165) is 37.4 Å². The number of carbonyl (C=O) groups excluding carboxylic acids is 2. The Bertz CT molecular complexity index is 1290. The third-order valence-electron chi connectivity index (χ3n) is 6.32. The van der Waals surface area contributed by atoms with Gasteiger partial charge in [0.2, 0.25) is 11.8 Å². The fourth-order valence-electron chi connectivity index (χ4n) is 4.20. The van der Waals surface area contributed by atoms with Gasteiger partial charge < -0.3 is 5.32 Å². The fourth-order valence-corrected chi connectivity index (χ4v) is 6.19. The highest BCUT2D eigenvalue weighted by molar-refractivity contribution is 8.00. The molecule has 1 aliphatic carbocycles. The lowest BCUT2D eigenvalue weighted by Gasteiger charge is -2.34. The second-order valence-corrected chi connectivity index (χ2v) is 12.9. The van der Waals surface area contributed by atoms with E-state index in [1.807, 2.05) is 17.7 Å². The molecule has 8 nitrogen and oxygen atoms in total. The molecule has 36 heavy (non-hydrogen) atoms. The minimum Gasteiger partial charge on any atom is -0.325 e. The summed E-state index contributed by atoms with van der Waals surface area (Å²) in [5, 5.41) is 12.6. The first-order valence-electron chi connectivity index (χ1n) is 11.9. The summed E-state index contributed by atoms with van der Waals surface area (Å²) in [7, 11) is -3.95. The van der Waals surface area contributed by atoms with Crippen molar-refractivity contribution in [1.82, 2.24) is 9.71 Å². The van der Waals surface area contributed by atoms with Crippen LogP contribution in [-0.2, 0) is 32.5 Å². The van der Waals surface area contributed by atoms with Gasteiger partial charge in [0.25, 0.3) is 10.0 Å². The third-order valence-corrected chi connectivity index (χ3v) is 9.14. The van der Waals surface area contributed by atoms with E-state index in [-0.39, 0.29) is 16.2 Å². The number of carbonyl (C=O) groups is 2. The lowest BCUT2D eigenvalue weighted by atomic mass is 9.71. The number of aryl methyl sites for hydroxylation is 1. The molecule has 0 bridgehead atoms. The molecule has 0 aliphatic heterocycles. The minimum absolute atomic E-state index is 0.0808. The van der Waals surface area contributed by atoms with Crippen molar-refractivity contribution in [3.63, 3.8) is 0 Å². The monoisotopic (exact) mass is 528 g/mol. The molecule has 10 heteroatoms. The number of sulfonamides is 1. The van der Waals surface area contributed by atoms with Gasteiger partial charge in [-0.05, 0) is 72.9 Å². The summed E-state index contributed by atoms with van der Waals surface area (Å²) in [6.07, 6.45) is 3.32. The van der Waals surface area contributed by atoms with Crippen LogP contribution in [0.15, 0.2) is 40.3 Å². The van der Waals surface area contributed by atoms with E-state index in [1.165, 1.54) is 36.0 Å². The van der Waals surface area contributed by atoms with Crippen LogP contribution in [0.25, 0.3) is 0 Å². The Morgan fingerprint density at radius 1 is 1.25 bits per heavy atom. The predicted molar refractivity (Wildman–Crippen MR) is 140 cm³/mol. The molecule has 2 N–H and O–H groups in total. The smallest absolute Gasteiger partial charge is 0.264 e. The summed E-state index contributed by atoms with van der Waals surface area (Å²) in [5.41, 5.74) is 3.22. The SMILES string of the molecule is CCC(Sc1nc2c(cc1C#N)CC(C(C)(C)C)CC2)C(=O)Nc1ccc(S(=O)(=O)NC(C)=O)cc1. The van der Waals surface area contributed by atoms with E-state index >= 15 is 0 Å². The van der Waals surface area contributed by atoms with Gasteiger partial charge in [-0.3, -0.25) is 9.59 Å². The van der Waals surface area contributed by atoms with Crippen molar-refractivity contribution in [2.45, 2.75) is 75.5 Å². The van der Waals surface area contributed by atoms with Crippen LogP contribution in [0.4, 0.5) is 5.69 Å². The van der Waals surface area contributed by atoms with Gasteiger partial charge >= 0.3 is 0 Å². The Hall–Kier alpha value is -2.90. The minimum atomic E-state index is -3.95. The summed E-state index contributed by atoms with van der Waals surface area (Å²) >= 11 is 1.27. The molecule has 1 heterocycles. The van der Waals surface area contributed by atoms with Crippen molar-refractivity contribution in [2.75, 3.05) is 5.32 Å². The van der Waals surface area contributed by atoms with E-state index in [9.17, 15) is 23.3 Å². The normalized spacial score (nSPS) is 16.4. The lowest BCUT2D eigenvalue weighted by Crippen LogP contribution is -2.28. The van der Waals surface area contributed by atoms with Crippen LogP contribution in [0.5, 0.6) is 0 Å². The molecule has 0 fully saturated rings. The first-order valence-corrected chi connectivity index (χ1v) is 14.2. The highest BCUT2D eigenvalue weighted by atomic mass is 32.2. The van der Waals surface area contributed by atoms with Gasteiger partial charge in [-0.15, -0.1) is 0 Å². The number of nitrogens with one attached hydrogen (secondary N) is 2. The van der Waals surface area contributed by atoms with Gasteiger partial charge in [-0.25, -0.2) is 18.1 Å². The van der Waals surface area contributed by atoms with E-state index < -0.39 is 21.2 Å². The van der Waals surface area contributed by atoms with Crippen LogP contribution in [-0.4, -0.2) is 30.5 Å². The zero-order valence-corrected chi connectivity index (χ0v) is 22.8. The highest BCUT2D eigenvalue weighted by Crippen LogP contribution is 2.38. The molecule has 2 atom stereocenters. The van der Waals surface area contributed by atoms with E-state index in [4.69, 9.17) is 4.98 Å². The Kier molecular flexibility index (Phi) is 8.47. The van der Waals surface area contributed by atoms with Crippen LogP contribution in [0.1, 0.15) is 64.3 Å². The second-order valence-electron chi connectivity index (χ2n) is 10.1. The molecule has 1 aromatic heterocycles. The predicted octanol–water partition coefficient (Wildman–Crippen LogP) is 4.44. The molecule has 2 amide bonds. The number of hydrogen-bond donors (Lipinski definition) is 2. The topological polar surface area (TPSA) is 129 Å². The van der Waals surface area contributed by atoms with Crippen molar-refractivity contribution in [3.8, 4) is 6.07 Å². The van der Waals surface area contributed by atoms with Crippen molar-refractivity contribution >= 4 is 39.3 Å². The molecular formula is C26H32N4O4S2. The number of anilines is 1. The molecule has 2 unspecified atom stereocenters. The summed E-state index contributed by atoms with van der Waals surface area (Å²) in [5.74, 6) is -0.418. The summed E-state index contributed by atoms with van der Waals surface area (Å²) in [4.78, 5) is 28.8. The number of fused-ring (bicyclic) bond motifs is 1. The van der Waals surface area contributed by atoms with E-state index in [0.29, 0.717) is 28.6 Å². The lowest BCUT2D eigenvalue weighted by molar-refractivity contribution is -0.117. The van der Waals surface area contributed by atoms with Gasteiger partial charge in [0.05, 0.1) is 15.7 Å². The van der Waals surface area contributed by atoms with E-state index in [2.05, 4.69) is 32.2 Å². The fraction of sp³-hybridized carbons (Fsp3) is 0.462. The maximum absolute atomic E-state index is 13.0. The van der Waals surface area contributed by atoms with Gasteiger partial charge in [0.15, 0.2) is 0 Å². The number of hydrogen-bond acceptors (Lipinski definition) is 7. The molecule has 0 spiro atoms. The Balaban J connectivity index is 1.74. The number of thioether (sulfide) groups is 1. The molecule has 2 aromatic rings. The van der Waals surface area contributed by atoms with Crippen molar-refractivity contribution < 1.29 is 18.0 Å². The second kappa shape index (κ2) is 11.0. The van der Waals surface area contributed by atoms with Crippen molar-refractivity contribution in [1.29, 1.82) is 5.26 Å². The Morgan fingerprint density at radius 3 is 2.47 bits per heavy atom. The molecule has 192 valence electrons. The van der Waals surface area contributed by atoms with Gasteiger partial charge in [-0.1, -0.05) is 39.5 Å². The standard InChI is InChI=1S/C26H32N4O4S2/c1-6-23(24(32)28-20-8-10-21(11-9-20)36(33,34)30-16(2)31)35-25-18(15-27)13-17-14-19(26(3,4)5)7-12-22(17)29-25/h8-11,13,19,23H,6-7,12,14H2,1-5H3,(H,28,32)(H,30,31). The highest BCUT2D eigenvalue weighted by Gasteiger charge is 2.30. The molecule has 1 aromatic carbocycles. The van der Waals surface area contributed by atoms with Crippen LogP contribution >= 0.6 is 11.8 Å². The average molecular weight is 529 g/mol. The molecule has 0 radical (unpaired) electrons. The molecule has 0 saturated heterocycles. The average Bonchev–Trinajstić information content (AvgIpc) is 2.80. The van der Waals surface area contributed by atoms with Crippen molar-refractivity contribution in [2.24, 2.45) is 11.3 Å². The Morgan fingerprint density at radius 2 is 1.92 bits per heavy atom. The van der Waals surface area contributed by atoms with Crippen molar-refractivity contribution in [3.05, 3.63) is 47.2 Å². The van der Waals surface area contributed by atoms with Crippen LogP contribution in [0.2, 0.25) is 0 Å². The number of rotatable bonds is 7. The largest absolute Gasteiger partial charge is 0.325 e. The third kappa shape index (κ3) is 6.65. The van der Waals surface area contributed by atoms with Gasteiger partial charge in [-0.2, -0.15) is 5.26 Å². The molecular weight excluding hydrogens is 496 g/mol. The first kappa shape index (κ1) is 27.7. The van der Waals surface area contributed by atoms with Crippen LogP contribution in [0.3, 0.4) is 0 Å². The molecule has 1 aliphatic rings. The summed E-state index contributed by atoms with van der Waals surface area (Å²) < 4.78 is 26.1. The number of aromatic nitrogens is 1. The number of nitriles is 1. The van der Waals surface area contributed by atoms with Crippen LogP contribution < -0.4 is 10.0 Å². The molecule has 0 saturated carbocycles. The van der Waals surface area contributed by atoms with Gasteiger partial charge in [0.1, 0.15) is 11.1 Å². The summed E-state index contributed by atoms with van der Waals surface area (Å²) in [6.45, 7) is 9.73. The summed E-state index contributed by atoms with van der Waals surface area (Å²) in [6, 6.07) is 9.75. The number of amides is 2. The van der Waals surface area contributed by atoms with E-state index in [1.54, 1.807) is 0 Å². The maximum atomic E-state index is 13.0. The quantitative estimate of drug-likeness (QED) is 0.508. The maximum Gasteiger partial charge on any atom is 0.264 e. The van der Waals surface area contributed by atoms with Gasteiger partial charge in [0, 0.05) is 18.3 Å². The number of pyridine rings is 1. The Labute approximate surface area is 217 Å². The molecule has 3 rings (SSSR count). The van der Waals surface area contributed by atoms with Crippen LogP contribution in [0, 0.1) is 22.7 Å². The zero-order valence-electron chi connectivity index (χ0n) is 21.2. The zero-order chi connectivity index (χ0) is 26.7. The number of nitrogens with zero attached hydrogens (tertiary/aromatic N) is 2. The number of benzene rings is 1. The first-order chi connectivity index (χ1) is 16.8.